The van der Waals surface area contributed by atoms with E-state index < -0.39 is 18.5 Å². The first-order valence-corrected chi connectivity index (χ1v) is 11.3. The monoisotopic (exact) mass is 474 g/mol. The van der Waals surface area contributed by atoms with E-state index in [1.54, 1.807) is 42.5 Å². The van der Waals surface area contributed by atoms with Gasteiger partial charge in [0.25, 0.3) is 11.8 Å². The van der Waals surface area contributed by atoms with E-state index in [2.05, 4.69) is 10.6 Å². The predicted octanol–water partition coefficient (Wildman–Crippen LogP) is 3.67. The van der Waals surface area contributed by atoms with E-state index in [-0.39, 0.29) is 18.4 Å². The summed E-state index contributed by atoms with van der Waals surface area (Å²) in [5.41, 5.74) is 2.30. The fourth-order valence-electron chi connectivity index (χ4n) is 3.64. The molecule has 0 saturated heterocycles. The number of carbonyl (C=O) groups is 3. The number of esters is 1. The molecule has 0 radical (unpaired) electrons. The molecule has 2 N–H and O–H groups in total. The van der Waals surface area contributed by atoms with Crippen LogP contribution in [-0.2, 0) is 20.7 Å². The summed E-state index contributed by atoms with van der Waals surface area (Å²) >= 11 is 0. The lowest BCUT2D eigenvalue weighted by molar-refractivity contribution is -0.146. The number of rotatable bonds is 8. The van der Waals surface area contributed by atoms with E-state index in [1.807, 2.05) is 37.3 Å². The Balaban J connectivity index is 1.30. The first kappa shape index (κ1) is 23.8. The lowest BCUT2D eigenvalue weighted by Crippen LogP contribution is -2.28. The number of hydrogen-bond acceptors (Lipinski definition) is 6. The van der Waals surface area contributed by atoms with Gasteiger partial charge in [0.2, 0.25) is 0 Å². The summed E-state index contributed by atoms with van der Waals surface area (Å²) < 4.78 is 16.1. The van der Waals surface area contributed by atoms with Gasteiger partial charge < -0.3 is 24.8 Å². The zero-order valence-corrected chi connectivity index (χ0v) is 19.3. The van der Waals surface area contributed by atoms with E-state index in [0.717, 1.165) is 5.56 Å². The zero-order valence-electron chi connectivity index (χ0n) is 19.3. The smallest absolute Gasteiger partial charge is 0.310 e. The molecule has 1 atom stereocenters. The summed E-state index contributed by atoms with van der Waals surface area (Å²) in [4.78, 5) is 37.5. The van der Waals surface area contributed by atoms with Crippen LogP contribution in [0.2, 0.25) is 0 Å². The molecule has 0 aliphatic carbocycles. The number of benzene rings is 3. The van der Waals surface area contributed by atoms with Gasteiger partial charge in [-0.3, -0.25) is 14.4 Å². The molecule has 8 heteroatoms. The van der Waals surface area contributed by atoms with Crippen LogP contribution in [-0.4, -0.2) is 37.6 Å². The highest BCUT2D eigenvalue weighted by atomic mass is 16.6. The fourth-order valence-corrected chi connectivity index (χ4v) is 3.64. The quantitative estimate of drug-likeness (QED) is 0.483. The molecule has 1 heterocycles. The Kier molecular flexibility index (Phi) is 7.62. The van der Waals surface area contributed by atoms with E-state index in [4.69, 9.17) is 14.2 Å². The van der Waals surface area contributed by atoms with Gasteiger partial charge in [0.15, 0.2) is 18.1 Å². The van der Waals surface area contributed by atoms with E-state index in [0.29, 0.717) is 41.5 Å². The molecule has 0 bridgehead atoms. The molecule has 3 aromatic rings. The van der Waals surface area contributed by atoms with Crippen molar-refractivity contribution in [3.63, 3.8) is 0 Å². The highest BCUT2D eigenvalue weighted by Crippen LogP contribution is 2.30. The van der Waals surface area contributed by atoms with Crippen LogP contribution in [0.5, 0.6) is 11.5 Å². The maximum Gasteiger partial charge on any atom is 0.310 e. The minimum absolute atomic E-state index is 0.0136. The Morgan fingerprint density at radius 2 is 1.63 bits per heavy atom. The molecule has 1 aliphatic rings. The topological polar surface area (TPSA) is 103 Å². The normalized spacial score (nSPS) is 12.8. The highest BCUT2D eigenvalue weighted by Gasteiger charge is 2.18. The number of nitrogens with one attached hydrogen (secondary N) is 2. The molecule has 180 valence electrons. The summed E-state index contributed by atoms with van der Waals surface area (Å²) in [7, 11) is 0. The molecule has 0 saturated carbocycles. The van der Waals surface area contributed by atoms with Crippen LogP contribution in [0, 0.1) is 0 Å². The second kappa shape index (κ2) is 11.2. The number of hydrogen-bond donors (Lipinski definition) is 2. The maximum atomic E-state index is 12.8. The van der Waals surface area contributed by atoms with Crippen LogP contribution < -0.4 is 20.1 Å². The molecular weight excluding hydrogens is 448 g/mol. The molecule has 0 fully saturated rings. The van der Waals surface area contributed by atoms with Crippen molar-refractivity contribution in [3.8, 4) is 11.5 Å². The van der Waals surface area contributed by atoms with Gasteiger partial charge in [0.05, 0.1) is 23.7 Å². The van der Waals surface area contributed by atoms with Crippen LogP contribution in [0.1, 0.15) is 34.5 Å². The molecule has 1 aliphatic heterocycles. The van der Waals surface area contributed by atoms with Crippen LogP contribution in [0.25, 0.3) is 0 Å². The third-order valence-corrected chi connectivity index (χ3v) is 5.41. The molecule has 3 aromatic carbocycles. The number of carbonyl (C=O) groups excluding carboxylic acids is 3. The van der Waals surface area contributed by atoms with Gasteiger partial charge in [0.1, 0.15) is 13.2 Å². The minimum Gasteiger partial charge on any atom is -0.486 e. The molecular formula is C27H26N2O6. The van der Waals surface area contributed by atoms with Crippen molar-refractivity contribution in [2.75, 3.05) is 25.1 Å². The van der Waals surface area contributed by atoms with Crippen molar-refractivity contribution in [2.45, 2.75) is 19.4 Å². The number of para-hydroxylation sites is 1. The predicted molar refractivity (Wildman–Crippen MR) is 129 cm³/mol. The molecule has 2 amide bonds. The van der Waals surface area contributed by atoms with Crippen molar-refractivity contribution >= 4 is 23.5 Å². The van der Waals surface area contributed by atoms with Gasteiger partial charge in [-0.05, 0) is 42.3 Å². The minimum atomic E-state index is -0.556. The number of amides is 2. The summed E-state index contributed by atoms with van der Waals surface area (Å²) in [6.45, 7) is 2.35. The fraction of sp³-hybridized carbons (Fsp3) is 0.222. The maximum absolute atomic E-state index is 12.8. The van der Waals surface area contributed by atoms with Gasteiger partial charge in [-0.25, -0.2) is 0 Å². The molecule has 0 spiro atoms. The van der Waals surface area contributed by atoms with Crippen molar-refractivity contribution in [1.82, 2.24) is 5.32 Å². The number of ether oxygens (including phenoxy) is 3. The first-order valence-electron chi connectivity index (χ1n) is 11.3. The lowest BCUT2D eigenvalue weighted by atomic mass is 10.1. The van der Waals surface area contributed by atoms with Gasteiger partial charge >= 0.3 is 5.97 Å². The number of fused-ring (bicyclic) bond motifs is 1. The largest absolute Gasteiger partial charge is 0.486 e. The van der Waals surface area contributed by atoms with Gasteiger partial charge in [-0.15, -0.1) is 0 Å². The van der Waals surface area contributed by atoms with Crippen LogP contribution in [0.4, 0.5) is 5.69 Å². The lowest BCUT2D eigenvalue weighted by Gasteiger charge is -2.18. The molecule has 35 heavy (non-hydrogen) atoms. The van der Waals surface area contributed by atoms with E-state index in [1.165, 1.54) is 0 Å². The van der Waals surface area contributed by atoms with Crippen molar-refractivity contribution < 1.29 is 28.6 Å². The molecule has 0 aromatic heterocycles. The average molecular weight is 475 g/mol. The zero-order chi connectivity index (χ0) is 24.6. The Bertz CT molecular complexity index is 1210. The second-order valence-corrected chi connectivity index (χ2v) is 8.02. The van der Waals surface area contributed by atoms with Crippen molar-refractivity contribution in [2.24, 2.45) is 0 Å². The van der Waals surface area contributed by atoms with Crippen LogP contribution >= 0.6 is 0 Å². The Morgan fingerprint density at radius 3 is 2.43 bits per heavy atom. The van der Waals surface area contributed by atoms with Crippen molar-refractivity contribution in [3.05, 3.63) is 89.5 Å². The molecule has 8 nitrogen and oxygen atoms in total. The summed E-state index contributed by atoms with van der Waals surface area (Å²) in [6, 6.07) is 21.2. The Morgan fingerprint density at radius 1 is 0.914 bits per heavy atom. The average Bonchev–Trinajstić information content (AvgIpc) is 2.88. The van der Waals surface area contributed by atoms with E-state index >= 15 is 0 Å². The van der Waals surface area contributed by atoms with E-state index in [9.17, 15) is 14.4 Å². The van der Waals surface area contributed by atoms with Crippen LogP contribution in [0.3, 0.4) is 0 Å². The first-order chi connectivity index (χ1) is 17.0. The third-order valence-electron chi connectivity index (χ3n) is 5.41. The van der Waals surface area contributed by atoms with Gasteiger partial charge in [-0.1, -0.05) is 48.5 Å². The summed E-state index contributed by atoms with van der Waals surface area (Å²) in [5.74, 6) is -0.214. The van der Waals surface area contributed by atoms with Crippen molar-refractivity contribution in [1.29, 1.82) is 0 Å². The van der Waals surface area contributed by atoms with Gasteiger partial charge in [0, 0.05) is 0 Å². The molecule has 0 unspecified atom stereocenters. The SMILES string of the molecule is C[C@@H](NC(=O)c1ccccc1NC(=O)COC(=O)Cc1ccc2c(c1)OCCO2)c1ccccc1. The number of anilines is 1. The third kappa shape index (κ3) is 6.38. The second-order valence-electron chi connectivity index (χ2n) is 8.02. The Labute approximate surface area is 203 Å². The summed E-state index contributed by atoms with van der Waals surface area (Å²) in [5, 5.41) is 5.58. The van der Waals surface area contributed by atoms with Crippen LogP contribution in [0.15, 0.2) is 72.8 Å². The highest BCUT2D eigenvalue weighted by molar-refractivity contribution is 6.04. The van der Waals surface area contributed by atoms with Gasteiger partial charge in [-0.2, -0.15) is 0 Å². The standard InChI is InChI=1S/C27H26N2O6/c1-18(20-7-3-2-4-8-20)28-27(32)21-9-5-6-10-22(21)29-25(30)17-35-26(31)16-19-11-12-23-24(15-19)34-14-13-33-23/h2-12,15,18H,13-14,16-17H2,1H3,(H,28,32)(H,29,30)/t18-/m1/s1. The Hall–Kier alpha value is -4.33. The molecule has 4 rings (SSSR count). The summed E-state index contributed by atoms with van der Waals surface area (Å²) in [6.07, 6.45) is -0.0136.